The lowest BCUT2D eigenvalue weighted by Gasteiger charge is -2.34. The number of benzene rings is 2. The minimum Gasteiger partial charge on any atom is -0.368 e. The molecule has 0 unspecified atom stereocenters. The minimum atomic E-state index is 0.743. The maximum absolute atomic E-state index is 5.97. The molecule has 0 atom stereocenters. The average Bonchev–Trinajstić information content (AvgIpc) is 2.54. The molecule has 0 aliphatic carbocycles. The fraction of sp³-hybridized carbons (Fsp3) is 0.235. The van der Waals surface area contributed by atoms with Gasteiger partial charge in [0.1, 0.15) is 0 Å². The molecule has 2 aromatic carbocycles. The topological polar surface area (TPSA) is 18.8 Å². The standard InChI is InChI=1S/C17H18ClN3/c18-16-6-4-5-15(13-16)14-19-21-11-9-20(10-12-21)17-7-2-1-3-8-17/h1-8,13-14H,9-12H2/b19-14+. The van der Waals surface area contributed by atoms with Crippen LogP contribution in [0.2, 0.25) is 5.02 Å². The molecule has 21 heavy (non-hydrogen) atoms. The Bertz CT molecular complexity index is 604. The van der Waals surface area contributed by atoms with Crippen molar-refractivity contribution in [1.82, 2.24) is 5.01 Å². The van der Waals surface area contributed by atoms with Crippen LogP contribution in [0.1, 0.15) is 5.56 Å². The van der Waals surface area contributed by atoms with Gasteiger partial charge in [-0.1, -0.05) is 41.9 Å². The third-order valence-corrected chi connectivity index (χ3v) is 3.83. The van der Waals surface area contributed by atoms with Crippen LogP contribution >= 0.6 is 11.6 Å². The Morgan fingerprint density at radius 2 is 1.67 bits per heavy atom. The van der Waals surface area contributed by atoms with Crippen LogP contribution in [-0.2, 0) is 0 Å². The Balaban J connectivity index is 1.56. The molecule has 0 bridgehead atoms. The molecule has 2 aromatic rings. The van der Waals surface area contributed by atoms with Gasteiger partial charge >= 0.3 is 0 Å². The summed E-state index contributed by atoms with van der Waals surface area (Å²) in [6.07, 6.45) is 1.88. The van der Waals surface area contributed by atoms with E-state index < -0.39 is 0 Å². The van der Waals surface area contributed by atoms with E-state index in [0.717, 1.165) is 36.8 Å². The lowest BCUT2D eigenvalue weighted by molar-refractivity contribution is 0.272. The van der Waals surface area contributed by atoms with Gasteiger partial charge in [0.2, 0.25) is 0 Å². The molecular weight excluding hydrogens is 282 g/mol. The molecule has 3 nitrogen and oxygen atoms in total. The van der Waals surface area contributed by atoms with Gasteiger partial charge in [-0.3, -0.25) is 5.01 Å². The van der Waals surface area contributed by atoms with Crippen molar-refractivity contribution in [3.8, 4) is 0 Å². The van der Waals surface area contributed by atoms with E-state index in [4.69, 9.17) is 11.6 Å². The summed E-state index contributed by atoms with van der Waals surface area (Å²) >= 11 is 5.97. The number of hydrazone groups is 1. The van der Waals surface area contributed by atoms with Crippen LogP contribution in [0.15, 0.2) is 59.7 Å². The lowest BCUT2D eigenvalue weighted by Crippen LogP contribution is -2.44. The minimum absolute atomic E-state index is 0.743. The van der Waals surface area contributed by atoms with Crippen molar-refractivity contribution in [3.63, 3.8) is 0 Å². The molecule has 3 rings (SSSR count). The van der Waals surface area contributed by atoms with E-state index in [1.165, 1.54) is 5.69 Å². The Morgan fingerprint density at radius 3 is 2.38 bits per heavy atom. The second-order valence-electron chi connectivity index (χ2n) is 5.08. The van der Waals surface area contributed by atoms with Crippen molar-refractivity contribution >= 4 is 23.5 Å². The molecule has 0 radical (unpaired) electrons. The fourth-order valence-corrected chi connectivity index (χ4v) is 2.64. The molecule has 108 valence electrons. The van der Waals surface area contributed by atoms with Crippen LogP contribution in [0.4, 0.5) is 5.69 Å². The number of hydrogen-bond acceptors (Lipinski definition) is 3. The Hall–Kier alpha value is -2.00. The Morgan fingerprint density at radius 1 is 0.905 bits per heavy atom. The molecule has 1 fully saturated rings. The molecule has 0 spiro atoms. The average molecular weight is 300 g/mol. The number of rotatable bonds is 3. The van der Waals surface area contributed by atoms with E-state index in [0.29, 0.717) is 0 Å². The Kier molecular flexibility index (Phi) is 4.41. The quantitative estimate of drug-likeness (QED) is 0.808. The molecule has 4 heteroatoms. The van der Waals surface area contributed by atoms with Crippen LogP contribution in [0.25, 0.3) is 0 Å². The third kappa shape index (κ3) is 3.76. The highest BCUT2D eigenvalue weighted by Gasteiger charge is 2.15. The first-order valence-corrected chi connectivity index (χ1v) is 7.53. The zero-order valence-electron chi connectivity index (χ0n) is 11.8. The Labute approximate surface area is 130 Å². The van der Waals surface area contributed by atoms with Crippen LogP contribution in [0, 0.1) is 0 Å². The number of anilines is 1. The zero-order chi connectivity index (χ0) is 14.5. The van der Waals surface area contributed by atoms with E-state index >= 15 is 0 Å². The van der Waals surface area contributed by atoms with E-state index in [9.17, 15) is 0 Å². The molecule has 1 saturated heterocycles. The van der Waals surface area contributed by atoms with Crippen LogP contribution in [0.3, 0.4) is 0 Å². The molecule has 1 heterocycles. The van der Waals surface area contributed by atoms with Gasteiger partial charge in [0.25, 0.3) is 0 Å². The highest BCUT2D eigenvalue weighted by atomic mass is 35.5. The van der Waals surface area contributed by atoms with Crippen molar-refractivity contribution < 1.29 is 0 Å². The summed E-state index contributed by atoms with van der Waals surface area (Å²) in [4.78, 5) is 2.39. The zero-order valence-corrected chi connectivity index (χ0v) is 12.6. The van der Waals surface area contributed by atoms with E-state index in [2.05, 4.69) is 45.3 Å². The van der Waals surface area contributed by atoms with Crippen molar-refractivity contribution in [2.75, 3.05) is 31.1 Å². The second-order valence-corrected chi connectivity index (χ2v) is 5.51. The van der Waals surface area contributed by atoms with Crippen LogP contribution in [0.5, 0.6) is 0 Å². The van der Waals surface area contributed by atoms with E-state index in [1.807, 2.05) is 30.5 Å². The van der Waals surface area contributed by atoms with Gasteiger partial charge in [0.15, 0.2) is 0 Å². The summed E-state index contributed by atoms with van der Waals surface area (Å²) < 4.78 is 0. The fourth-order valence-electron chi connectivity index (χ4n) is 2.44. The highest BCUT2D eigenvalue weighted by molar-refractivity contribution is 6.30. The summed E-state index contributed by atoms with van der Waals surface area (Å²) in [5, 5.41) is 7.40. The van der Waals surface area contributed by atoms with E-state index in [1.54, 1.807) is 0 Å². The predicted octanol–water partition coefficient (Wildman–Crippen LogP) is 3.50. The van der Waals surface area contributed by atoms with Crippen molar-refractivity contribution in [3.05, 3.63) is 65.2 Å². The summed E-state index contributed by atoms with van der Waals surface area (Å²) in [6, 6.07) is 18.3. The maximum Gasteiger partial charge on any atom is 0.0543 e. The molecule has 1 aliphatic heterocycles. The molecule has 0 amide bonds. The number of piperazine rings is 1. The number of nitrogens with zero attached hydrogens (tertiary/aromatic N) is 3. The monoisotopic (exact) mass is 299 g/mol. The lowest BCUT2D eigenvalue weighted by atomic mass is 10.2. The van der Waals surface area contributed by atoms with Gasteiger partial charge in [-0.05, 0) is 29.8 Å². The van der Waals surface area contributed by atoms with Gasteiger partial charge in [-0.2, -0.15) is 5.10 Å². The van der Waals surface area contributed by atoms with Gasteiger partial charge in [-0.25, -0.2) is 0 Å². The second kappa shape index (κ2) is 6.64. The van der Waals surface area contributed by atoms with Crippen molar-refractivity contribution in [2.45, 2.75) is 0 Å². The van der Waals surface area contributed by atoms with Gasteiger partial charge < -0.3 is 4.90 Å². The molecule has 0 N–H and O–H groups in total. The predicted molar refractivity (Wildman–Crippen MR) is 89.3 cm³/mol. The maximum atomic E-state index is 5.97. The summed E-state index contributed by atoms with van der Waals surface area (Å²) in [5.41, 5.74) is 2.32. The molecular formula is C17H18ClN3. The largest absolute Gasteiger partial charge is 0.368 e. The highest BCUT2D eigenvalue weighted by Crippen LogP contribution is 2.15. The van der Waals surface area contributed by atoms with E-state index in [-0.39, 0.29) is 0 Å². The van der Waals surface area contributed by atoms with Gasteiger partial charge in [0.05, 0.1) is 19.3 Å². The number of halogens is 1. The first kappa shape index (κ1) is 14.0. The van der Waals surface area contributed by atoms with Crippen molar-refractivity contribution in [1.29, 1.82) is 0 Å². The molecule has 0 aromatic heterocycles. The van der Waals surface area contributed by atoms with Crippen molar-refractivity contribution in [2.24, 2.45) is 5.10 Å². The summed E-state index contributed by atoms with van der Waals surface area (Å²) in [5.74, 6) is 0. The third-order valence-electron chi connectivity index (χ3n) is 3.60. The number of hydrogen-bond donors (Lipinski definition) is 0. The van der Waals surface area contributed by atoms with Gasteiger partial charge in [-0.15, -0.1) is 0 Å². The number of para-hydroxylation sites is 1. The first-order valence-electron chi connectivity index (χ1n) is 7.16. The summed E-state index contributed by atoms with van der Waals surface area (Å²) in [6.45, 7) is 3.87. The first-order chi connectivity index (χ1) is 10.3. The summed E-state index contributed by atoms with van der Waals surface area (Å²) in [7, 11) is 0. The van der Waals surface area contributed by atoms with Crippen LogP contribution < -0.4 is 4.90 Å². The molecule has 1 aliphatic rings. The normalized spacial score (nSPS) is 15.7. The van der Waals surface area contributed by atoms with Crippen LogP contribution in [-0.4, -0.2) is 37.4 Å². The SMILES string of the molecule is Clc1cccc(/C=N/N2CCN(c3ccccc3)CC2)c1. The van der Waals surface area contributed by atoms with Gasteiger partial charge in [0, 0.05) is 23.8 Å². The smallest absolute Gasteiger partial charge is 0.0543 e. The molecule has 0 saturated carbocycles.